The van der Waals surface area contributed by atoms with E-state index < -0.39 is 0 Å². The first-order valence-corrected chi connectivity index (χ1v) is 3.23. The van der Waals surface area contributed by atoms with Crippen molar-refractivity contribution >= 4 is 6.21 Å². The first-order chi connectivity index (χ1) is 4.47. The van der Waals surface area contributed by atoms with Gasteiger partial charge in [-0.05, 0) is 12.8 Å². The van der Waals surface area contributed by atoms with Crippen LogP contribution in [-0.2, 0) is 0 Å². The summed E-state index contributed by atoms with van der Waals surface area (Å²) in [7, 11) is 0. The van der Waals surface area contributed by atoms with E-state index in [4.69, 9.17) is 0 Å². The lowest BCUT2D eigenvalue weighted by atomic mass is 10.1. The molecule has 0 atom stereocenters. The number of hydrogen-bond donors (Lipinski definition) is 2. The molecule has 0 spiro atoms. The van der Waals surface area contributed by atoms with E-state index in [-0.39, 0.29) is 0 Å². The quantitative estimate of drug-likeness (QED) is 0.456. The van der Waals surface area contributed by atoms with Gasteiger partial charge in [0.2, 0.25) is 0 Å². The fraction of sp³-hybridized carbons (Fsp3) is 0.500. The molecule has 0 amide bonds. The summed E-state index contributed by atoms with van der Waals surface area (Å²) in [6.45, 7) is 1.09. The van der Waals surface area contributed by atoms with Crippen LogP contribution in [0.1, 0.15) is 12.8 Å². The third kappa shape index (κ3) is 0.686. The molecule has 0 unspecified atom stereocenters. The first kappa shape index (κ1) is 4.85. The molecule has 2 N–H and O–H groups in total. The summed E-state index contributed by atoms with van der Waals surface area (Å²) in [5.74, 6) is 0. The molecule has 0 fully saturated rings. The summed E-state index contributed by atoms with van der Waals surface area (Å²) in [6, 6.07) is 0. The number of nitrogens with one attached hydrogen (secondary N) is 2. The summed E-state index contributed by atoms with van der Waals surface area (Å²) in [6.07, 6.45) is 4.20. The Morgan fingerprint density at radius 3 is 3.44 bits per heavy atom. The van der Waals surface area contributed by atoms with Crippen LogP contribution >= 0.6 is 0 Å². The molecule has 2 rings (SSSR count). The fourth-order valence-corrected chi connectivity index (χ4v) is 1.14. The van der Waals surface area contributed by atoms with Gasteiger partial charge in [-0.1, -0.05) is 0 Å². The highest BCUT2D eigenvalue weighted by molar-refractivity contribution is 5.79. The molecular weight excluding hydrogens is 114 g/mol. The van der Waals surface area contributed by atoms with Gasteiger partial charge in [0.05, 0.1) is 0 Å². The van der Waals surface area contributed by atoms with Crippen LogP contribution < -0.4 is 15.8 Å². The Kier molecular flexibility index (Phi) is 0.946. The summed E-state index contributed by atoms with van der Waals surface area (Å²) < 4.78 is 0. The molecule has 3 nitrogen and oxygen atoms in total. The van der Waals surface area contributed by atoms with E-state index >= 15 is 0 Å². The number of allylic oxidation sites excluding steroid dienone is 2. The van der Waals surface area contributed by atoms with E-state index in [2.05, 4.69) is 15.8 Å². The molecule has 0 saturated carbocycles. The fourth-order valence-electron chi connectivity index (χ4n) is 1.14. The van der Waals surface area contributed by atoms with Gasteiger partial charge in [0, 0.05) is 6.54 Å². The zero-order valence-electron chi connectivity index (χ0n) is 5.15. The van der Waals surface area contributed by atoms with E-state index in [9.17, 15) is 0 Å². The molecule has 2 heterocycles. The second kappa shape index (κ2) is 1.76. The van der Waals surface area contributed by atoms with Crippen molar-refractivity contribution in [3.8, 4) is 0 Å². The maximum absolute atomic E-state index is 3.92. The van der Waals surface area contributed by atoms with Crippen LogP contribution in [0.15, 0.2) is 11.4 Å². The summed E-state index contributed by atoms with van der Waals surface area (Å²) in [4.78, 5) is 0. The van der Waals surface area contributed by atoms with Crippen LogP contribution in [0.3, 0.4) is 0 Å². The summed E-state index contributed by atoms with van der Waals surface area (Å²) in [5, 5.41) is 7.17. The molecule has 3 heteroatoms. The van der Waals surface area contributed by atoms with Crippen molar-refractivity contribution in [2.45, 2.75) is 12.8 Å². The minimum Gasteiger partial charge on any atom is -0.378 e. The molecule has 0 bridgehead atoms. The zero-order chi connectivity index (χ0) is 6.10. The molecule has 0 aliphatic carbocycles. The smallest absolute Gasteiger partial charge is 0.300 e. The molecular formula is C6H9N3+. The lowest BCUT2D eigenvalue weighted by Crippen LogP contribution is -2.23. The Morgan fingerprint density at radius 1 is 1.56 bits per heavy atom. The second-order valence-electron chi connectivity index (χ2n) is 2.29. The topological polar surface area (TPSA) is 38.2 Å². The van der Waals surface area contributed by atoms with Gasteiger partial charge in [0.1, 0.15) is 11.4 Å². The summed E-state index contributed by atoms with van der Waals surface area (Å²) in [5.41, 5.74) is 5.38. The van der Waals surface area contributed by atoms with Gasteiger partial charge in [-0.2, -0.15) is 0 Å². The van der Waals surface area contributed by atoms with Crippen molar-refractivity contribution in [1.29, 1.82) is 0 Å². The first-order valence-electron chi connectivity index (χ1n) is 3.23. The van der Waals surface area contributed by atoms with Crippen molar-refractivity contribution in [1.82, 2.24) is 15.8 Å². The molecule has 0 aromatic carbocycles. The monoisotopic (exact) mass is 123 g/mol. The third-order valence-corrected chi connectivity index (χ3v) is 1.64. The third-order valence-electron chi connectivity index (χ3n) is 1.64. The van der Waals surface area contributed by atoms with E-state index in [1.807, 2.05) is 6.21 Å². The predicted octanol–water partition coefficient (Wildman–Crippen LogP) is -0.494. The lowest BCUT2D eigenvalue weighted by molar-refractivity contribution is 0.641. The largest absolute Gasteiger partial charge is 0.378 e. The van der Waals surface area contributed by atoms with Crippen LogP contribution in [0.4, 0.5) is 0 Å². The second-order valence-corrected chi connectivity index (χ2v) is 2.29. The molecule has 9 heavy (non-hydrogen) atoms. The van der Waals surface area contributed by atoms with E-state index in [1.165, 1.54) is 17.8 Å². The van der Waals surface area contributed by atoms with Crippen LogP contribution in [-0.4, -0.2) is 12.8 Å². The Morgan fingerprint density at radius 2 is 2.56 bits per heavy atom. The minimum atomic E-state index is 1.09. The number of nitrogens with zero attached hydrogens (tertiary/aromatic N) is 1. The Bertz CT molecular complexity index is 181. The molecule has 0 saturated heterocycles. The number of hydrogen-bond acceptors (Lipinski definition) is 3. The van der Waals surface area contributed by atoms with Gasteiger partial charge >= 0.3 is 0 Å². The zero-order valence-corrected chi connectivity index (χ0v) is 5.15. The van der Waals surface area contributed by atoms with Crippen molar-refractivity contribution < 1.29 is 0 Å². The van der Waals surface area contributed by atoms with Crippen molar-refractivity contribution in [2.24, 2.45) is 0 Å². The Balaban J connectivity index is 2.24. The predicted molar refractivity (Wildman–Crippen MR) is 35.6 cm³/mol. The van der Waals surface area contributed by atoms with Gasteiger partial charge in [0.15, 0.2) is 5.10 Å². The van der Waals surface area contributed by atoms with Crippen molar-refractivity contribution in [3.05, 3.63) is 11.4 Å². The molecule has 0 aromatic rings. The van der Waals surface area contributed by atoms with Gasteiger partial charge in [-0.3, -0.25) is 0 Å². The molecule has 0 aromatic heterocycles. The minimum absolute atomic E-state index is 1.09. The normalized spacial score (nSPS) is 23.1. The maximum Gasteiger partial charge on any atom is 0.300 e. The SMILES string of the molecule is C1=[N+]NC2=C1NCCC2. The lowest BCUT2D eigenvalue weighted by Gasteiger charge is -2.09. The van der Waals surface area contributed by atoms with Crippen molar-refractivity contribution in [3.63, 3.8) is 0 Å². The standard InChI is InChI=1S/C6H9N3/c1-2-5-6(7-3-1)4-8-9-5/h4,7,9H,1-3H2/q+1. The van der Waals surface area contributed by atoms with Crippen molar-refractivity contribution in [2.75, 3.05) is 6.54 Å². The van der Waals surface area contributed by atoms with Crippen LogP contribution in [0, 0.1) is 0 Å². The molecule has 2 aliphatic rings. The van der Waals surface area contributed by atoms with E-state index in [0.29, 0.717) is 0 Å². The number of hydrazone groups is 1. The highest BCUT2D eigenvalue weighted by Gasteiger charge is 2.21. The highest BCUT2D eigenvalue weighted by Crippen LogP contribution is 2.10. The van der Waals surface area contributed by atoms with E-state index in [0.717, 1.165) is 13.0 Å². The van der Waals surface area contributed by atoms with Gasteiger partial charge in [-0.25, -0.2) is 0 Å². The average Bonchev–Trinajstić information content (AvgIpc) is 2.33. The van der Waals surface area contributed by atoms with Gasteiger partial charge in [0.25, 0.3) is 6.21 Å². The highest BCUT2D eigenvalue weighted by atomic mass is 15.3. The Hall–Kier alpha value is -0.990. The number of rotatable bonds is 0. The molecule has 47 valence electrons. The van der Waals surface area contributed by atoms with Crippen LogP contribution in [0.25, 0.3) is 0 Å². The van der Waals surface area contributed by atoms with Crippen LogP contribution in [0.2, 0.25) is 0 Å². The van der Waals surface area contributed by atoms with Gasteiger partial charge < -0.3 is 5.32 Å². The molecule has 2 aliphatic heterocycles. The Labute approximate surface area is 53.8 Å². The average molecular weight is 123 g/mol. The van der Waals surface area contributed by atoms with E-state index in [1.54, 1.807) is 0 Å². The van der Waals surface area contributed by atoms with Crippen LogP contribution in [0.5, 0.6) is 0 Å². The molecule has 1 radical (unpaired) electrons. The maximum atomic E-state index is 3.92. The van der Waals surface area contributed by atoms with Gasteiger partial charge in [-0.15, -0.1) is 5.43 Å². The summed E-state index contributed by atoms with van der Waals surface area (Å²) >= 11 is 0.